The van der Waals surface area contributed by atoms with Crippen molar-refractivity contribution >= 4 is 21.6 Å². The molecule has 0 aromatic heterocycles. The minimum Gasteiger partial charge on any atom is -0.213 e. The minimum absolute atomic E-state index is 0.179. The van der Waals surface area contributed by atoms with Crippen molar-refractivity contribution in [2.24, 2.45) is 0 Å². The second kappa shape index (κ2) is 3.39. The molecule has 0 aliphatic rings. The van der Waals surface area contributed by atoms with E-state index in [4.69, 9.17) is 11.6 Å². The highest BCUT2D eigenvalue weighted by Gasteiger charge is 2.05. The summed E-state index contributed by atoms with van der Waals surface area (Å²) in [6.45, 7) is 1.70. The van der Waals surface area contributed by atoms with E-state index in [0.29, 0.717) is 5.88 Å². The van der Waals surface area contributed by atoms with Gasteiger partial charge in [-0.15, -0.1) is 11.6 Å². The third-order valence-electron chi connectivity index (χ3n) is 0.647. The van der Waals surface area contributed by atoms with Gasteiger partial charge in [-0.25, -0.2) is 13.1 Å². The van der Waals surface area contributed by atoms with E-state index >= 15 is 0 Å². The Morgan fingerprint density at radius 2 is 2.11 bits per heavy atom. The van der Waals surface area contributed by atoms with Gasteiger partial charge in [0.25, 0.3) is 0 Å². The molecule has 5 heteroatoms. The number of rotatable bonds is 3. The van der Waals surface area contributed by atoms with Crippen molar-refractivity contribution in [3.8, 4) is 0 Å². The van der Waals surface area contributed by atoms with Crippen molar-refractivity contribution in [3.63, 3.8) is 0 Å². The topological polar surface area (TPSA) is 46.2 Å². The lowest BCUT2D eigenvalue weighted by molar-refractivity contribution is 0.577. The Bertz CT molecular complexity index is 165. The van der Waals surface area contributed by atoms with Gasteiger partial charge in [0.05, 0.1) is 6.26 Å². The van der Waals surface area contributed by atoms with Crippen LogP contribution in [-0.4, -0.2) is 26.6 Å². The summed E-state index contributed by atoms with van der Waals surface area (Å²) in [6.07, 6.45) is 1.11. The molecule has 1 unspecified atom stereocenters. The van der Waals surface area contributed by atoms with Gasteiger partial charge >= 0.3 is 0 Å². The van der Waals surface area contributed by atoms with Gasteiger partial charge in [0.15, 0.2) is 0 Å². The van der Waals surface area contributed by atoms with Crippen molar-refractivity contribution in [1.29, 1.82) is 0 Å². The van der Waals surface area contributed by atoms with Crippen molar-refractivity contribution in [2.45, 2.75) is 13.0 Å². The van der Waals surface area contributed by atoms with Gasteiger partial charge in [-0.1, -0.05) is 0 Å². The SMILES string of the molecule is CC(CCl)NS(C)(=O)=O. The van der Waals surface area contributed by atoms with Crippen LogP contribution in [0.2, 0.25) is 0 Å². The molecule has 0 saturated heterocycles. The zero-order valence-corrected chi connectivity index (χ0v) is 6.96. The van der Waals surface area contributed by atoms with Gasteiger partial charge in [-0.2, -0.15) is 0 Å². The van der Waals surface area contributed by atoms with Crippen molar-refractivity contribution in [3.05, 3.63) is 0 Å². The molecule has 1 atom stereocenters. The fraction of sp³-hybridized carbons (Fsp3) is 1.00. The molecule has 0 bridgehead atoms. The number of hydrogen-bond acceptors (Lipinski definition) is 2. The number of sulfonamides is 1. The summed E-state index contributed by atoms with van der Waals surface area (Å²) >= 11 is 5.33. The van der Waals surface area contributed by atoms with Crippen LogP contribution in [-0.2, 0) is 10.0 Å². The molecule has 9 heavy (non-hydrogen) atoms. The first-order valence-corrected chi connectivity index (χ1v) is 4.91. The van der Waals surface area contributed by atoms with Gasteiger partial charge in [-0.05, 0) is 6.92 Å². The Kier molecular flexibility index (Phi) is 3.46. The van der Waals surface area contributed by atoms with Crippen LogP contribution in [0.1, 0.15) is 6.92 Å². The van der Waals surface area contributed by atoms with Crippen LogP contribution in [0.3, 0.4) is 0 Å². The van der Waals surface area contributed by atoms with E-state index in [9.17, 15) is 8.42 Å². The first-order valence-electron chi connectivity index (χ1n) is 2.49. The van der Waals surface area contributed by atoms with Crippen LogP contribution in [0.25, 0.3) is 0 Å². The maximum Gasteiger partial charge on any atom is 0.208 e. The Labute approximate surface area is 60.4 Å². The number of halogens is 1. The predicted octanol–water partition coefficient (Wildman–Crippen LogP) is 0.163. The monoisotopic (exact) mass is 171 g/mol. The molecule has 0 spiro atoms. The van der Waals surface area contributed by atoms with E-state index in [2.05, 4.69) is 4.72 Å². The average molecular weight is 172 g/mol. The highest BCUT2D eigenvalue weighted by atomic mass is 35.5. The summed E-state index contributed by atoms with van der Waals surface area (Å²) < 4.78 is 23.2. The average Bonchev–Trinajstić information content (AvgIpc) is 1.62. The molecule has 0 saturated carbocycles. The van der Waals surface area contributed by atoms with E-state index in [1.54, 1.807) is 6.92 Å². The van der Waals surface area contributed by atoms with Gasteiger partial charge in [0.1, 0.15) is 0 Å². The second-order valence-corrected chi connectivity index (χ2v) is 4.03. The minimum atomic E-state index is -3.07. The number of alkyl halides is 1. The summed E-state index contributed by atoms with van der Waals surface area (Å²) in [6, 6.07) is -0.179. The molecule has 0 aliphatic carbocycles. The normalized spacial score (nSPS) is 15.4. The van der Waals surface area contributed by atoms with E-state index in [1.165, 1.54) is 0 Å². The number of nitrogens with one attached hydrogen (secondary N) is 1. The lowest BCUT2D eigenvalue weighted by Gasteiger charge is -2.06. The zero-order chi connectivity index (χ0) is 7.49. The summed E-state index contributed by atoms with van der Waals surface area (Å²) in [5, 5.41) is 0. The fourth-order valence-corrected chi connectivity index (χ4v) is 1.38. The molecule has 0 amide bonds. The van der Waals surface area contributed by atoms with E-state index in [-0.39, 0.29) is 6.04 Å². The van der Waals surface area contributed by atoms with Crippen molar-refractivity contribution in [2.75, 3.05) is 12.1 Å². The molecule has 0 heterocycles. The van der Waals surface area contributed by atoms with E-state index < -0.39 is 10.0 Å². The second-order valence-electron chi connectivity index (χ2n) is 1.95. The molecule has 3 nitrogen and oxygen atoms in total. The van der Waals surface area contributed by atoms with Crippen LogP contribution in [0.4, 0.5) is 0 Å². The Balaban J connectivity index is 3.75. The molecule has 0 aliphatic heterocycles. The molecule has 56 valence electrons. The van der Waals surface area contributed by atoms with E-state index in [0.717, 1.165) is 6.26 Å². The molecular weight excluding hydrogens is 162 g/mol. The Hall–Kier alpha value is 0.200. The highest BCUT2D eigenvalue weighted by molar-refractivity contribution is 7.88. The maximum atomic E-state index is 10.4. The lowest BCUT2D eigenvalue weighted by Crippen LogP contribution is -2.32. The maximum absolute atomic E-state index is 10.4. The quantitative estimate of drug-likeness (QED) is 0.616. The first kappa shape index (κ1) is 9.20. The molecule has 0 aromatic carbocycles. The lowest BCUT2D eigenvalue weighted by atomic mass is 10.4. The molecule has 0 radical (unpaired) electrons. The third kappa shape index (κ3) is 6.08. The predicted molar refractivity (Wildman–Crippen MR) is 38.2 cm³/mol. The van der Waals surface area contributed by atoms with Crippen molar-refractivity contribution < 1.29 is 8.42 Å². The Morgan fingerprint density at radius 3 is 2.22 bits per heavy atom. The summed E-state index contributed by atoms with van der Waals surface area (Å²) in [7, 11) is -3.07. The summed E-state index contributed by atoms with van der Waals surface area (Å²) in [5.41, 5.74) is 0. The largest absolute Gasteiger partial charge is 0.213 e. The van der Waals surface area contributed by atoms with Gasteiger partial charge in [0, 0.05) is 11.9 Å². The fourth-order valence-electron chi connectivity index (χ4n) is 0.397. The van der Waals surface area contributed by atoms with Crippen LogP contribution in [0.15, 0.2) is 0 Å². The summed E-state index contributed by atoms with van der Waals surface area (Å²) in [5.74, 6) is 0.299. The molecule has 0 rings (SSSR count). The molecule has 1 N–H and O–H groups in total. The molecule has 0 aromatic rings. The molecule has 0 fully saturated rings. The van der Waals surface area contributed by atoms with Crippen molar-refractivity contribution in [1.82, 2.24) is 4.72 Å². The zero-order valence-electron chi connectivity index (χ0n) is 5.39. The van der Waals surface area contributed by atoms with Gasteiger partial charge in [0.2, 0.25) is 10.0 Å². The highest BCUT2D eigenvalue weighted by Crippen LogP contribution is 1.87. The van der Waals surface area contributed by atoms with Gasteiger partial charge < -0.3 is 0 Å². The summed E-state index contributed by atoms with van der Waals surface area (Å²) in [4.78, 5) is 0. The van der Waals surface area contributed by atoms with E-state index in [1.807, 2.05) is 0 Å². The third-order valence-corrected chi connectivity index (χ3v) is 1.94. The van der Waals surface area contributed by atoms with Crippen LogP contribution in [0.5, 0.6) is 0 Å². The van der Waals surface area contributed by atoms with Crippen LogP contribution >= 0.6 is 11.6 Å². The van der Waals surface area contributed by atoms with Crippen LogP contribution < -0.4 is 4.72 Å². The Morgan fingerprint density at radius 1 is 1.67 bits per heavy atom. The van der Waals surface area contributed by atoms with Crippen LogP contribution in [0, 0.1) is 0 Å². The molecular formula is C4H10ClNO2S. The van der Waals surface area contributed by atoms with Gasteiger partial charge in [-0.3, -0.25) is 0 Å². The standard InChI is InChI=1S/C4H10ClNO2S/c1-4(3-5)6-9(2,7)8/h4,6H,3H2,1-2H3. The smallest absolute Gasteiger partial charge is 0.208 e. The first-order chi connectivity index (χ1) is 3.95. The number of hydrogen-bond donors (Lipinski definition) is 1.